The highest BCUT2D eigenvalue weighted by atomic mass is 16.5. The van der Waals surface area contributed by atoms with Crippen LogP contribution < -0.4 is 10.5 Å². The van der Waals surface area contributed by atoms with Crippen LogP contribution in [0, 0.1) is 0 Å². The smallest absolute Gasteiger partial charge is 0.228 e. The second-order valence-corrected chi connectivity index (χ2v) is 4.06. The Hall–Kier alpha value is -2.57. The van der Waals surface area contributed by atoms with Crippen LogP contribution in [0.15, 0.2) is 29.0 Å². The molecule has 0 aliphatic carbocycles. The number of fused-ring (bicyclic) bond motifs is 1. The Bertz CT molecular complexity index is 690. The average molecular weight is 259 g/mol. The fraction of sp³-hybridized carbons (Fsp3) is 0.250. The second-order valence-electron chi connectivity index (χ2n) is 4.06. The second kappa shape index (κ2) is 4.60. The van der Waals surface area contributed by atoms with Crippen LogP contribution in [-0.2, 0) is 13.0 Å². The number of nitrogen functional groups attached to an aromatic ring is 1. The third-order valence-corrected chi connectivity index (χ3v) is 2.94. The van der Waals surface area contributed by atoms with Crippen molar-refractivity contribution in [3.05, 3.63) is 30.4 Å². The molecule has 0 bridgehead atoms. The van der Waals surface area contributed by atoms with E-state index in [4.69, 9.17) is 15.0 Å². The fourth-order valence-corrected chi connectivity index (χ4v) is 2.00. The zero-order valence-corrected chi connectivity index (χ0v) is 10.4. The van der Waals surface area contributed by atoms with E-state index in [9.17, 15) is 0 Å². The topological polar surface area (TPSA) is 92.0 Å². The average Bonchev–Trinajstić information content (AvgIpc) is 3.02. The lowest BCUT2D eigenvalue weighted by molar-refractivity contribution is 0.372. The van der Waals surface area contributed by atoms with E-state index in [1.54, 1.807) is 7.11 Å². The summed E-state index contributed by atoms with van der Waals surface area (Å²) in [6, 6.07) is 5.67. The normalized spacial score (nSPS) is 11.0. The van der Waals surface area contributed by atoms with Gasteiger partial charge in [-0.15, -0.1) is 0 Å². The van der Waals surface area contributed by atoms with E-state index in [1.165, 1.54) is 6.33 Å². The summed E-state index contributed by atoms with van der Waals surface area (Å²) in [7, 11) is 1.62. The molecule has 1 aromatic carbocycles. The van der Waals surface area contributed by atoms with Gasteiger partial charge in [0.1, 0.15) is 5.75 Å². The van der Waals surface area contributed by atoms with Gasteiger partial charge in [-0.3, -0.25) is 0 Å². The van der Waals surface area contributed by atoms with Crippen molar-refractivity contribution in [2.24, 2.45) is 0 Å². The van der Waals surface area contributed by atoms with Gasteiger partial charge in [0.25, 0.3) is 0 Å². The molecule has 2 N–H and O–H groups in total. The zero-order valence-electron chi connectivity index (χ0n) is 10.4. The molecule has 0 saturated carbocycles. The molecule has 0 saturated heterocycles. The molecule has 0 amide bonds. The van der Waals surface area contributed by atoms with Crippen LogP contribution in [0.1, 0.15) is 5.89 Å². The van der Waals surface area contributed by atoms with Crippen LogP contribution in [0.4, 0.5) is 5.95 Å². The SMILES string of the molecule is COc1ccc2c(c1)nc(N)n2CCc1ncno1. The Morgan fingerprint density at radius 1 is 1.42 bits per heavy atom. The van der Waals surface area contributed by atoms with Crippen molar-refractivity contribution in [3.63, 3.8) is 0 Å². The lowest BCUT2D eigenvalue weighted by atomic mass is 10.3. The van der Waals surface area contributed by atoms with Crippen LogP contribution in [0.5, 0.6) is 5.75 Å². The van der Waals surface area contributed by atoms with Crippen LogP contribution in [-0.4, -0.2) is 26.8 Å². The maximum Gasteiger partial charge on any atom is 0.228 e. The first-order valence-corrected chi connectivity index (χ1v) is 5.83. The summed E-state index contributed by atoms with van der Waals surface area (Å²) in [6.45, 7) is 0.636. The summed E-state index contributed by atoms with van der Waals surface area (Å²) in [6.07, 6.45) is 2.00. The first-order chi connectivity index (χ1) is 9.28. The van der Waals surface area contributed by atoms with Gasteiger partial charge in [-0.25, -0.2) is 4.98 Å². The van der Waals surface area contributed by atoms with Gasteiger partial charge in [-0.2, -0.15) is 4.98 Å². The maximum atomic E-state index is 5.93. The maximum absolute atomic E-state index is 5.93. The fourth-order valence-electron chi connectivity index (χ4n) is 2.00. The van der Waals surface area contributed by atoms with Gasteiger partial charge in [-0.1, -0.05) is 5.16 Å². The molecule has 7 nitrogen and oxygen atoms in total. The molecule has 0 aliphatic heterocycles. The number of hydrogen-bond acceptors (Lipinski definition) is 6. The molecule has 7 heteroatoms. The Labute approximate surface area is 109 Å². The molecular formula is C12H13N5O2. The number of ether oxygens (including phenoxy) is 1. The van der Waals surface area contributed by atoms with Crippen LogP contribution in [0.3, 0.4) is 0 Å². The van der Waals surface area contributed by atoms with Crippen molar-refractivity contribution >= 4 is 17.0 Å². The molecule has 2 heterocycles. The number of anilines is 1. The number of rotatable bonds is 4. The lowest BCUT2D eigenvalue weighted by Gasteiger charge is -2.04. The highest BCUT2D eigenvalue weighted by Gasteiger charge is 2.10. The number of nitrogens with two attached hydrogens (primary N) is 1. The Morgan fingerprint density at radius 2 is 2.32 bits per heavy atom. The number of aryl methyl sites for hydroxylation is 2. The number of benzene rings is 1. The largest absolute Gasteiger partial charge is 0.497 e. The van der Waals surface area contributed by atoms with Gasteiger partial charge < -0.3 is 19.6 Å². The van der Waals surface area contributed by atoms with E-state index in [0.29, 0.717) is 24.8 Å². The minimum absolute atomic E-state index is 0.461. The Morgan fingerprint density at radius 3 is 3.05 bits per heavy atom. The quantitative estimate of drug-likeness (QED) is 0.758. The molecule has 0 atom stereocenters. The molecule has 0 spiro atoms. The van der Waals surface area contributed by atoms with Crippen LogP contribution >= 0.6 is 0 Å². The predicted octanol–water partition coefficient (Wildman–Crippen LogP) is 1.25. The van der Waals surface area contributed by atoms with Crippen molar-refractivity contribution in [3.8, 4) is 5.75 Å². The summed E-state index contributed by atoms with van der Waals surface area (Å²) < 4.78 is 12.0. The summed E-state index contributed by atoms with van der Waals surface area (Å²) >= 11 is 0. The van der Waals surface area contributed by atoms with E-state index in [0.717, 1.165) is 16.8 Å². The van der Waals surface area contributed by atoms with E-state index in [1.807, 2.05) is 22.8 Å². The monoisotopic (exact) mass is 259 g/mol. The molecule has 0 fully saturated rings. The highest BCUT2D eigenvalue weighted by molar-refractivity contribution is 5.79. The Kier molecular flexibility index (Phi) is 2.79. The molecule has 0 radical (unpaired) electrons. The van der Waals surface area contributed by atoms with E-state index in [-0.39, 0.29) is 0 Å². The van der Waals surface area contributed by atoms with Crippen molar-refractivity contribution in [2.75, 3.05) is 12.8 Å². The van der Waals surface area contributed by atoms with Crippen LogP contribution in [0.2, 0.25) is 0 Å². The third kappa shape index (κ3) is 2.10. The predicted molar refractivity (Wildman–Crippen MR) is 68.7 cm³/mol. The van der Waals surface area contributed by atoms with Crippen molar-refractivity contribution in [1.82, 2.24) is 19.7 Å². The zero-order chi connectivity index (χ0) is 13.2. The van der Waals surface area contributed by atoms with Gasteiger partial charge >= 0.3 is 0 Å². The summed E-state index contributed by atoms with van der Waals surface area (Å²) in [5.74, 6) is 1.80. The molecular weight excluding hydrogens is 246 g/mol. The first kappa shape index (κ1) is 11.5. The molecule has 0 aliphatic rings. The lowest BCUT2D eigenvalue weighted by Crippen LogP contribution is -2.05. The standard InChI is InChI=1S/C12H13N5O2/c1-18-8-2-3-10-9(6-8)16-12(13)17(10)5-4-11-14-7-15-19-11/h2-3,6-7H,4-5H2,1H3,(H2,13,16). The van der Waals surface area contributed by atoms with Crippen LogP contribution in [0.25, 0.3) is 11.0 Å². The minimum Gasteiger partial charge on any atom is -0.497 e. The number of aromatic nitrogens is 4. The first-order valence-electron chi connectivity index (χ1n) is 5.83. The van der Waals surface area contributed by atoms with E-state index < -0.39 is 0 Å². The molecule has 98 valence electrons. The highest BCUT2D eigenvalue weighted by Crippen LogP contribution is 2.23. The van der Waals surface area contributed by atoms with Crippen molar-refractivity contribution in [1.29, 1.82) is 0 Å². The molecule has 3 aromatic rings. The van der Waals surface area contributed by atoms with Gasteiger partial charge in [0.2, 0.25) is 11.8 Å². The van der Waals surface area contributed by atoms with Gasteiger partial charge in [0, 0.05) is 19.0 Å². The molecule has 19 heavy (non-hydrogen) atoms. The van der Waals surface area contributed by atoms with E-state index in [2.05, 4.69) is 15.1 Å². The number of methoxy groups -OCH3 is 1. The van der Waals surface area contributed by atoms with Crippen molar-refractivity contribution < 1.29 is 9.26 Å². The Balaban J connectivity index is 1.92. The van der Waals surface area contributed by atoms with Gasteiger partial charge in [-0.05, 0) is 12.1 Å². The van der Waals surface area contributed by atoms with Gasteiger partial charge in [0.05, 0.1) is 18.1 Å². The number of hydrogen-bond donors (Lipinski definition) is 1. The molecule has 3 rings (SSSR count). The van der Waals surface area contributed by atoms with Crippen molar-refractivity contribution in [2.45, 2.75) is 13.0 Å². The van der Waals surface area contributed by atoms with Gasteiger partial charge in [0.15, 0.2) is 6.33 Å². The van der Waals surface area contributed by atoms with E-state index >= 15 is 0 Å². The number of imidazole rings is 1. The number of nitrogens with zero attached hydrogens (tertiary/aromatic N) is 4. The molecule has 0 unspecified atom stereocenters. The summed E-state index contributed by atoms with van der Waals surface area (Å²) in [5, 5.41) is 3.57. The summed E-state index contributed by atoms with van der Waals surface area (Å²) in [4.78, 5) is 8.30. The minimum atomic E-state index is 0.461. The summed E-state index contributed by atoms with van der Waals surface area (Å²) in [5.41, 5.74) is 7.69. The molecule has 2 aromatic heterocycles. The third-order valence-electron chi connectivity index (χ3n) is 2.94.